The van der Waals surface area contributed by atoms with Gasteiger partial charge in [-0.15, -0.1) is 11.3 Å². The van der Waals surface area contributed by atoms with Crippen LogP contribution in [0, 0.1) is 6.92 Å². The molecule has 0 aliphatic carbocycles. The molecular weight excluding hydrogens is 312 g/mol. The van der Waals surface area contributed by atoms with Crippen LogP contribution in [0.1, 0.15) is 40.9 Å². The van der Waals surface area contributed by atoms with Crippen molar-refractivity contribution in [2.75, 3.05) is 0 Å². The van der Waals surface area contributed by atoms with Crippen molar-refractivity contribution in [3.8, 4) is 11.3 Å². The monoisotopic (exact) mass is 332 g/mol. The normalized spacial score (nSPS) is 11.9. The zero-order valence-corrected chi connectivity index (χ0v) is 14.0. The number of carboxylic acid groups (broad SMARTS) is 1. The third-order valence-electron chi connectivity index (χ3n) is 3.44. The molecule has 0 saturated carbocycles. The first-order chi connectivity index (χ1) is 11.0. The fraction of sp³-hybridized carbons (Fsp3) is 0.353. The second-order valence-electron chi connectivity index (χ2n) is 5.28. The lowest BCUT2D eigenvalue weighted by molar-refractivity contribution is -0.139. The van der Waals surface area contributed by atoms with E-state index in [-0.39, 0.29) is 5.91 Å². The summed E-state index contributed by atoms with van der Waals surface area (Å²) in [5.41, 5.74) is 1.45. The molecule has 6 heteroatoms. The summed E-state index contributed by atoms with van der Waals surface area (Å²) in [6.07, 6.45) is 2.06. The van der Waals surface area contributed by atoms with Gasteiger partial charge < -0.3 is 10.4 Å². The first-order valence-electron chi connectivity index (χ1n) is 7.59. The van der Waals surface area contributed by atoms with Crippen LogP contribution in [0.5, 0.6) is 0 Å². The maximum absolute atomic E-state index is 12.5. The Morgan fingerprint density at radius 3 is 2.61 bits per heavy atom. The fourth-order valence-electron chi connectivity index (χ4n) is 2.26. The fourth-order valence-corrected chi connectivity index (χ4v) is 3.11. The molecule has 23 heavy (non-hydrogen) atoms. The number of aryl methyl sites for hydroxylation is 1. The van der Waals surface area contributed by atoms with E-state index in [2.05, 4.69) is 10.3 Å². The zero-order valence-electron chi connectivity index (χ0n) is 13.2. The molecule has 2 rings (SSSR count). The van der Waals surface area contributed by atoms with Crippen molar-refractivity contribution in [2.24, 2.45) is 0 Å². The lowest BCUT2D eigenvalue weighted by atomic mass is 10.1. The Morgan fingerprint density at radius 2 is 2.00 bits per heavy atom. The van der Waals surface area contributed by atoms with Gasteiger partial charge in [0.2, 0.25) is 0 Å². The number of hydrogen-bond acceptors (Lipinski definition) is 4. The molecule has 0 radical (unpaired) electrons. The highest BCUT2D eigenvalue weighted by Gasteiger charge is 2.24. The molecule has 1 amide bonds. The molecule has 1 aromatic heterocycles. The maximum Gasteiger partial charge on any atom is 0.326 e. The highest BCUT2D eigenvalue weighted by atomic mass is 32.1. The Balaban J connectivity index is 2.24. The smallest absolute Gasteiger partial charge is 0.326 e. The third kappa shape index (κ3) is 4.39. The van der Waals surface area contributed by atoms with Crippen LogP contribution in [-0.4, -0.2) is 28.0 Å². The van der Waals surface area contributed by atoms with E-state index in [0.29, 0.717) is 17.0 Å². The van der Waals surface area contributed by atoms with Crippen LogP contribution in [0.2, 0.25) is 0 Å². The number of benzene rings is 1. The summed E-state index contributed by atoms with van der Waals surface area (Å²) in [5.74, 6) is -1.38. The number of amides is 1. The maximum atomic E-state index is 12.5. The number of carboxylic acids is 1. The molecule has 2 N–H and O–H groups in total. The molecule has 1 heterocycles. The minimum absolute atomic E-state index is 0.377. The van der Waals surface area contributed by atoms with Gasteiger partial charge in [0, 0.05) is 5.56 Å². The lowest BCUT2D eigenvalue weighted by Gasteiger charge is -2.13. The number of unbranched alkanes of at least 4 members (excludes halogenated alkanes) is 1. The number of carbonyl (C=O) groups excluding carboxylic acids is 1. The van der Waals surface area contributed by atoms with Crippen molar-refractivity contribution in [1.82, 2.24) is 10.3 Å². The molecule has 0 saturated heterocycles. The zero-order chi connectivity index (χ0) is 16.8. The molecule has 0 spiro atoms. The van der Waals surface area contributed by atoms with Crippen LogP contribution in [-0.2, 0) is 4.79 Å². The van der Waals surface area contributed by atoms with Crippen LogP contribution in [0.15, 0.2) is 30.3 Å². The van der Waals surface area contributed by atoms with Gasteiger partial charge in [-0.05, 0) is 13.3 Å². The molecule has 5 nitrogen and oxygen atoms in total. The molecule has 1 aromatic carbocycles. The number of nitrogens with one attached hydrogen (secondary N) is 1. The van der Waals surface area contributed by atoms with Crippen molar-refractivity contribution >= 4 is 23.2 Å². The summed E-state index contributed by atoms with van der Waals surface area (Å²) in [7, 11) is 0. The average Bonchev–Trinajstić information content (AvgIpc) is 2.94. The molecule has 2 aromatic rings. The number of hydrogen-bond donors (Lipinski definition) is 2. The Hall–Kier alpha value is -2.21. The largest absolute Gasteiger partial charge is 0.480 e. The van der Waals surface area contributed by atoms with Crippen molar-refractivity contribution in [3.63, 3.8) is 0 Å². The second-order valence-corrected chi connectivity index (χ2v) is 6.49. The summed E-state index contributed by atoms with van der Waals surface area (Å²) in [6.45, 7) is 3.82. The van der Waals surface area contributed by atoms with Gasteiger partial charge in [0.15, 0.2) is 0 Å². The van der Waals surface area contributed by atoms with Gasteiger partial charge in [-0.25, -0.2) is 9.78 Å². The van der Waals surface area contributed by atoms with Gasteiger partial charge >= 0.3 is 5.97 Å². The number of carbonyl (C=O) groups is 2. The summed E-state index contributed by atoms with van der Waals surface area (Å²) in [4.78, 5) is 28.7. The summed E-state index contributed by atoms with van der Waals surface area (Å²) in [5, 5.41) is 12.7. The van der Waals surface area contributed by atoms with Gasteiger partial charge in [0.1, 0.15) is 10.9 Å². The summed E-state index contributed by atoms with van der Waals surface area (Å²) in [6, 6.07) is 8.57. The Morgan fingerprint density at radius 1 is 1.30 bits per heavy atom. The number of rotatable bonds is 7. The van der Waals surface area contributed by atoms with E-state index in [1.807, 2.05) is 44.2 Å². The van der Waals surface area contributed by atoms with Gasteiger partial charge in [0.25, 0.3) is 5.91 Å². The van der Waals surface area contributed by atoms with E-state index in [0.717, 1.165) is 23.4 Å². The van der Waals surface area contributed by atoms with E-state index in [1.165, 1.54) is 11.3 Å². The number of aromatic nitrogens is 1. The number of aliphatic carboxylic acids is 1. The number of nitrogens with zero attached hydrogens (tertiary/aromatic N) is 1. The van der Waals surface area contributed by atoms with Crippen LogP contribution >= 0.6 is 11.3 Å². The van der Waals surface area contributed by atoms with Crippen LogP contribution in [0.4, 0.5) is 0 Å². The standard InChI is InChI=1S/C17H20N2O3S/c1-3-4-10-13(17(21)22)19-16(20)15-14(18-11(2)23-15)12-8-6-5-7-9-12/h5-9,13H,3-4,10H2,1-2H3,(H,19,20)(H,21,22)/t13-/m0/s1. The Bertz CT molecular complexity index is 682. The first-order valence-corrected chi connectivity index (χ1v) is 8.41. The molecule has 122 valence electrons. The van der Waals surface area contributed by atoms with Crippen LogP contribution in [0.25, 0.3) is 11.3 Å². The van der Waals surface area contributed by atoms with E-state index in [9.17, 15) is 14.7 Å². The molecule has 0 fully saturated rings. The molecular formula is C17H20N2O3S. The average molecular weight is 332 g/mol. The Kier molecular flexibility index (Phi) is 5.87. The predicted octanol–water partition coefficient (Wildman–Crippen LogP) is 3.49. The number of thiazole rings is 1. The minimum Gasteiger partial charge on any atom is -0.480 e. The summed E-state index contributed by atoms with van der Waals surface area (Å²) < 4.78 is 0. The molecule has 0 aliphatic rings. The SMILES string of the molecule is CCCC[C@H](NC(=O)c1sc(C)nc1-c1ccccc1)C(=O)O. The molecule has 1 atom stereocenters. The van der Waals surface area contributed by atoms with Crippen molar-refractivity contribution in [3.05, 3.63) is 40.2 Å². The van der Waals surface area contributed by atoms with E-state index >= 15 is 0 Å². The summed E-state index contributed by atoms with van der Waals surface area (Å²) >= 11 is 1.28. The highest BCUT2D eigenvalue weighted by Crippen LogP contribution is 2.28. The van der Waals surface area contributed by atoms with E-state index in [4.69, 9.17) is 0 Å². The van der Waals surface area contributed by atoms with Crippen molar-refractivity contribution in [1.29, 1.82) is 0 Å². The van der Waals surface area contributed by atoms with Crippen LogP contribution in [0.3, 0.4) is 0 Å². The third-order valence-corrected chi connectivity index (χ3v) is 4.41. The van der Waals surface area contributed by atoms with Crippen LogP contribution < -0.4 is 5.32 Å². The quantitative estimate of drug-likeness (QED) is 0.813. The first kappa shape index (κ1) is 17.1. The van der Waals surface area contributed by atoms with Gasteiger partial charge in [0.05, 0.1) is 10.7 Å². The van der Waals surface area contributed by atoms with Gasteiger partial charge in [-0.2, -0.15) is 0 Å². The highest BCUT2D eigenvalue weighted by molar-refractivity contribution is 7.14. The molecule has 0 bridgehead atoms. The predicted molar refractivity (Wildman–Crippen MR) is 90.7 cm³/mol. The Labute approximate surface area is 139 Å². The second kappa shape index (κ2) is 7.87. The lowest BCUT2D eigenvalue weighted by Crippen LogP contribution is -2.40. The molecule has 0 aliphatic heterocycles. The van der Waals surface area contributed by atoms with Gasteiger partial charge in [-0.1, -0.05) is 50.1 Å². The van der Waals surface area contributed by atoms with Crippen molar-refractivity contribution in [2.45, 2.75) is 39.2 Å². The van der Waals surface area contributed by atoms with E-state index < -0.39 is 12.0 Å². The molecule has 0 unspecified atom stereocenters. The van der Waals surface area contributed by atoms with Gasteiger partial charge in [-0.3, -0.25) is 4.79 Å². The van der Waals surface area contributed by atoms with E-state index in [1.54, 1.807) is 0 Å². The van der Waals surface area contributed by atoms with Crippen molar-refractivity contribution < 1.29 is 14.7 Å². The minimum atomic E-state index is -1.01. The topological polar surface area (TPSA) is 79.3 Å².